The summed E-state index contributed by atoms with van der Waals surface area (Å²) in [5.74, 6) is 0.301. The Hall–Kier alpha value is -1.03. The van der Waals surface area contributed by atoms with E-state index in [1.807, 2.05) is 26.0 Å². The van der Waals surface area contributed by atoms with Gasteiger partial charge in [-0.15, -0.1) is 0 Å². The van der Waals surface area contributed by atoms with E-state index in [4.69, 9.17) is 0 Å². The van der Waals surface area contributed by atoms with Crippen molar-refractivity contribution in [2.45, 2.75) is 31.5 Å². The third-order valence-corrected chi connectivity index (χ3v) is 4.89. The molecule has 1 amide bonds. The number of nitrogens with one attached hydrogen (secondary N) is 1. The zero-order chi connectivity index (χ0) is 13.8. The first kappa shape index (κ1) is 14.4. The van der Waals surface area contributed by atoms with Gasteiger partial charge in [-0.1, -0.05) is 35.8 Å². The van der Waals surface area contributed by atoms with E-state index in [2.05, 4.69) is 38.3 Å². The number of carbonyl (C=O) groups excluding carboxylic acids is 1. The molecule has 1 unspecified atom stereocenters. The molecule has 1 atom stereocenters. The van der Waals surface area contributed by atoms with Crippen molar-refractivity contribution in [3.05, 3.63) is 24.3 Å². The molecule has 1 saturated heterocycles. The van der Waals surface area contributed by atoms with Gasteiger partial charge in [0.15, 0.2) is 0 Å². The summed E-state index contributed by atoms with van der Waals surface area (Å²) in [4.78, 5) is 14.2. The number of rotatable bonds is 4. The van der Waals surface area contributed by atoms with Crippen molar-refractivity contribution in [3.63, 3.8) is 0 Å². The van der Waals surface area contributed by atoms with Crippen LogP contribution in [0.15, 0.2) is 24.3 Å². The highest BCUT2D eigenvalue weighted by Gasteiger charge is 2.19. The topological polar surface area (TPSA) is 32.3 Å². The van der Waals surface area contributed by atoms with Crippen LogP contribution in [0.3, 0.4) is 0 Å². The molecule has 1 heterocycles. The van der Waals surface area contributed by atoms with Crippen LogP contribution in [0.2, 0.25) is 0 Å². The Morgan fingerprint density at radius 2 is 2.00 bits per heavy atom. The first-order chi connectivity index (χ1) is 9.08. The summed E-state index contributed by atoms with van der Waals surface area (Å²) >= 11 is 3.43. The van der Waals surface area contributed by atoms with Crippen LogP contribution < -0.4 is 10.2 Å². The lowest BCUT2D eigenvalue weighted by Crippen LogP contribution is -2.27. The molecule has 1 aromatic rings. The molecule has 0 aromatic heterocycles. The number of hydrogen-bond donors (Lipinski definition) is 1. The Kier molecular flexibility index (Phi) is 4.86. The molecule has 0 bridgehead atoms. The molecule has 19 heavy (non-hydrogen) atoms. The van der Waals surface area contributed by atoms with E-state index in [1.165, 1.54) is 18.5 Å². The minimum atomic E-state index is -0.150. The van der Waals surface area contributed by atoms with Crippen molar-refractivity contribution in [2.75, 3.05) is 23.3 Å². The molecule has 4 heteroatoms. The van der Waals surface area contributed by atoms with Crippen molar-refractivity contribution in [2.24, 2.45) is 5.92 Å². The van der Waals surface area contributed by atoms with Crippen molar-refractivity contribution in [1.29, 1.82) is 0 Å². The van der Waals surface area contributed by atoms with Crippen molar-refractivity contribution < 1.29 is 4.79 Å². The fourth-order valence-corrected chi connectivity index (χ4v) is 2.38. The summed E-state index contributed by atoms with van der Waals surface area (Å²) in [5, 5.41) is 2.97. The van der Waals surface area contributed by atoms with Gasteiger partial charge in [0, 0.05) is 24.5 Å². The zero-order valence-corrected chi connectivity index (χ0v) is 13.1. The number of hydrogen-bond acceptors (Lipinski definition) is 2. The smallest absolute Gasteiger partial charge is 0.238 e. The number of benzene rings is 1. The van der Waals surface area contributed by atoms with Crippen molar-refractivity contribution in [3.8, 4) is 0 Å². The van der Waals surface area contributed by atoms with Crippen LogP contribution in [-0.4, -0.2) is 23.8 Å². The number of amides is 1. The van der Waals surface area contributed by atoms with Gasteiger partial charge in [-0.05, 0) is 37.0 Å². The highest BCUT2D eigenvalue weighted by atomic mass is 79.9. The van der Waals surface area contributed by atoms with Gasteiger partial charge in [0.1, 0.15) is 0 Å². The second-order valence-corrected chi connectivity index (χ2v) is 6.37. The van der Waals surface area contributed by atoms with Gasteiger partial charge >= 0.3 is 0 Å². The summed E-state index contributed by atoms with van der Waals surface area (Å²) in [6, 6.07) is 8.11. The third kappa shape index (κ3) is 3.72. The van der Waals surface area contributed by atoms with Crippen LogP contribution in [0, 0.1) is 5.92 Å². The van der Waals surface area contributed by atoms with Crippen LogP contribution in [-0.2, 0) is 4.79 Å². The molecule has 1 N–H and O–H groups in total. The summed E-state index contributed by atoms with van der Waals surface area (Å²) in [6.45, 7) is 6.29. The number of halogens is 1. The molecule has 0 radical (unpaired) electrons. The van der Waals surface area contributed by atoms with Gasteiger partial charge in [0.2, 0.25) is 5.91 Å². The quantitative estimate of drug-likeness (QED) is 0.857. The van der Waals surface area contributed by atoms with Gasteiger partial charge in [-0.25, -0.2) is 0 Å². The van der Waals surface area contributed by atoms with E-state index in [0.29, 0.717) is 0 Å². The van der Waals surface area contributed by atoms with Crippen LogP contribution in [0.25, 0.3) is 0 Å². The molecular formula is C15H21BrN2O. The van der Waals surface area contributed by atoms with Crippen molar-refractivity contribution in [1.82, 2.24) is 0 Å². The van der Waals surface area contributed by atoms with Crippen LogP contribution >= 0.6 is 15.9 Å². The third-order valence-electron chi connectivity index (χ3n) is 3.42. The minimum absolute atomic E-state index is 0.0218. The lowest BCUT2D eigenvalue weighted by molar-refractivity contribution is -0.116. The summed E-state index contributed by atoms with van der Waals surface area (Å²) in [5.41, 5.74) is 2.07. The Balaban J connectivity index is 2.04. The summed E-state index contributed by atoms with van der Waals surface area (Å²) in [6.07, 6.45) is 2.51. The van der Waals surface area contributed by atoms with Gasteiger partial charge < -0.3 is 10.2 Å². The van der Waals surface area contributed by atoms with Gasteiger partial charge in [0.25, 0.3) is 0 Å². The summed E-state index contributed by atoms with van der Waals surface area (Å²) < 4.78 is 0. The zero-order valence-electron chi connectivity index (χ0n) is 11.5. The van der Waals surface area contributed by atoms with Gasteiger partial charge in [-0.3, -0.25) is 4.79 Å². The molecule has 1 fully saturated rings. The Morgan fingerprint density at radius 1 is 1.32 bits per heavy atom. The number of anilines is 2. The minimum Gasteiger partial charge on any atom is -0.371 e. The average Bonchev–Trinajstić information content (AvgIpc) is 2.91. The molecule has 2 rings (SSSR count). The maximum atomic E-state index is 12.0. The molecule has 0 aliphatic carbocycles. The average molecular weight is 325 g/mol. The van der Waals surface area contributed by atoms with Gasteiger partial charge in [0.05, 0.1) is 4.83 Å². The standard InChI is InChI=1S/C15H21BrN2O/c1-11(2)14(16)15(19)17-12-6-5-7-13(10-12)18-8-3-4-9-18/h5-7,10-11,14H,3-4,8-9H2,1-2H3,(H,17,19). The van der Waals surface area contributed by atoms with E-state index < -0.39 is 0 Å². The first-order valence-corrected chi connectivity index (χ1v) is 7.79. The second kappa shape index (κ2) is 6.42. The number of alkyl halides is 1. The Morgan fingerprint density at radius 3 is 2.63 bits per heavy atom. The fraction of sp³-hybridized carbons (Fsp3) is 0.533. The SMILES string of the molecule is CC(C)C(Br)C(=O)Nc1cccc(N2CCCC2)c1. The largest absolute Gasteiger partial charge is 0.371 e. The maximum absolute atomic E-state index is 12.0. The van der Waals surface area contributed by atoms with Crippen LogP contribution in [0.5, 0.6) is 0 Å². The predicted molar refractivity (Wildman–Crippen MR) is 84.1 cm³/mol. The Labute approximate surface area is 123 Å². The van der Waals surface area contributed by atoms with E-state index in [-0.39, 0.29) is 16.7 Å². The molecule has 0 spiro atoms. The molecule has 104 valence electrons. The lowest BCUT2D eigenvalue weighted by Gasteiger charge is -2.19. The number of nitrogens with zero attached hydrogens (tertiary/aromatic N) is 1. The van der Waals surface area contributed by atoms with Gasteiger partial charge in [-0.2, -0.15) is 0 Å². The highest BCUT2D eigenvalue weighted by Crippen LogP contribution is 2.24. The molecule has 0 saturated carbocycles. The first-order valence-electron chi connectivity index (χ1n) is 6.88. The van der Waals surface area contributed by atoms with E-state index >= 15 is 0 Å². The van der Waals surface area contributed by atoms with E-state index in [1.54, 1.807) is 0 Å². The summed E-state index contributed by atoms with van der Waals surface area (Å²) in [7, 11) is 0. The fourth-order valence-electron chi connectivity index (χ4n) is 2.27. The van der Waals surface area contributed by atoms with Crippen LogP contribution in [0.4, 0.5) is 11.4 Å². The molecule has 1 aromatic carbocycles. The maximum Gasteiger partial charge on any atom is 0.238 e. The Bertz CT molecular complexity index is 442. The second-order valence-electron chi connectivity index (χ2n) is 5.38. The van der Waals surface area contributed by atoms with Crippen molar-refractivity contribution >= 4 is 33.2 Å². The molecular weight excluding hydrogens is 304 g/mol. The normalized spacial score (nSPS) is 16.7. The lowest BCUT2D eigenvalue weighted by atomic mass is 10.1. The molecule has 1 aliphatic heterocycles. The predicted octanol–water partition coefficient (Wildman–Crippen LogP) is 3.64. The van der Waals surface area contributed by atoms with E-state index in [0.717, 1.165) is 18.8 Å². The molecule has 1 aliphatic rings. The van der Waals surface area contributed by atoms with E-state index in [9.17, 15) is 4.79 Å². The molecule has 3 nitrogen and oxygen atoms in total. The number of carbonyl (C=O) groups is 1. The monoisotopic (exact) mass is 324 g/mol. The highest BCUT2D eigenvalue weighted by molar-refractivity contribution is 9.10. The van der Waals surface area contributed by atoms with Crippen LogP contribution in [0.1, 0.15) is 26.7 Å².